The molecule has 0 N–H and O–H groups in total. The van der Waals surface area contributed by atoms with Gasteiger partial charge >= 0.3 is 0 Å². The molecular formula is C10H11BrCl2O2. The van der Waals surface area contributed by atoms with Crippen LogP contribution in [0.4, 0.5) is 0 Å². The van der Waals surface area contributed by atoms with Crippen LogP contribution in [0.2, 0.25) is 10.0 Å². The predicted octanol–water partition coefficient (Wildman–Crippen LogP) is 4.34. The highest BCUT2D eigenvalue weighted by molar-refractivity contribution is 9.10. The van der Waals surface area contributed by atoms with Crippen LogP contribution in [-0.4, -0.2) is 14.2 Å². The van der Waals surface area contributed by atoms with Gasteiger partial charge in [-0.1, -0.05) is 30.1 Å². The molecule has 1 aromatic carbocycles. The second kappa shape index (κ2) is 5.28. The minimum Gasteiger partial charge on any atom is -0.494 e. The largest absolute Gasteiger partial charge is 0.494 e. The molecule has 0 saturated carbocycles. The van der Waals surface area contributed by atoms with Crippen molar-refractivity contribution < 1.29 is 9.47 Å². The first kappa shape index (κ1) is 12.9. The zero-order valence-corrected chi connectivity index (χ0v) is 11.8. The molecule has 0 aromatic heterocycles. The quantitative estimate of drug-likeness (QED) is 0.826. The van der Waals surface area contributed by atoms with E-state index in [1.54, 1.807) is 14.2 Å². The van der Waals surface area contributed by atoms with Gasteiger partial charge < -0.3 is 9.47 Å². The molecule has 0 fully saturated rings. The van der Waals surface area contributed by atoms with E-state index in [4.69, 9.17) is 32.7 Å². The van der Waals surface area contributed by atoms with Crippen molar-refractivity contribution in [2.45, 2.75) is 13.3 Å². The molecule has 15 heavy (non-hydrogen) atoms. The lowest BCUT2D eigenvalue weighted by Gasteiger charge is -2.15. The Morgan fingerprint density at radius 1 is 1.07 bits per heavy atom. The fourth-order valence-corrected chi connectivity index (χ4v) is 3.13. The zero-order chi connectivity index (χ0) is 11.6. The Kier molecular flexibility index (Phi) is 4.56. The molecule has 1 aromatic rings. The summed E-state index contributed by atoms with van der Waals surface area (Å²) in [7, 11) is 3.11. The first-order valence-corrected chi connectivity index (χ1v) is 5.90. The first-order valence-electron chi connectivity index (χ1n) is 4.35. The van der Waals surface area contributed by atoms with Crippen molar-refractivity contribution in [1.29, 1.82) is 0 Å². The van der Waals surface area contributed by atoms with Crippen molar-refractivity contribution in [2.24, 2.45) is 0 Å². The van der Waals surface area contributed by atoms with Gasteiger partial charge in [0.25, 0.3) is 0 Å². The highest BCUT2D eigenvalue weighted by atomic mass is 79.9. The van der Waals surface area contributed by atoms with Crippen molar-refractivity contribution >= 4 is 39.1 Å². The second-order valence-corrected chi connectivity index (χ2v) is 4.39. The lowest BCUT2D eigenvalue weighted by molar-refractivity contribution is 0.389. The Morgan fingerprint density at radius 2 is 1.47 bits per heavy atom. The Balaban J connectivity index is 3.57. The normalized spacial score (nSPS) is 10.3. The number of benzene rings is 1. The number of ether oxygens (including phenoxy) is 2. The van der Waals surface area contributed by atoms with Gasteiger partial charge in [-0.05, 0) is 27.9 Å². The highest BCUT2D eigenvalue weighted by Gasteiger charge is 2.21. The second-order valence-electron chi connectivity index (χ2n) is 2.84. The molecule has 0 aliphatic rings. The molecule has 5 heteroatoms. The molecule has 0 spiro atoms. The van der Waals surface area contributed by atoms with Crippen LogP contribution < -0.4 is 9.47 Å². The summed E-state index contributed by atoms with van der Waals surface area (Å²) in [6.07, 6.45) is 0.720. The maximum atomic E-state index is 6.15. The average molecular weight is 314 g/mol. The fraction of sp³-hybridized carbons (Fsp3) is 0.400. The molecule has 0 radical (unpaired) electrons. The van der Waals surface area contributed by atoms with E-state index in [1.807, 2.05) is 6.92 Å². The average Bonchev–Trinajstić information content (AvgIpc) is 2.19. The summed E-state index contributed by atoms with van der Waals surface area (Å²) >= 11 is 15.7. The molecule has 84 valence electrons. The number of methoxy groups -OCH3 is 2. The summed E-state index contributed by atoms with van der Waals surface area (Å²) in [6, 6.07) is 0. The summed E-state index contributed by atoms with van der Waals surface area (Å²) in [6.45, 7) is 1.97. The summed E-state index contributed by atoms with van der Waals surface area (Å²) in [5.74, 6) is 1.10. The molecule has 0 saturated heterocycles. The van der Waals surface area contributed by atoms with E-state index in [2.05, 4.69) is 15.9 Å². The van der Waals surface area contributed by atoms with E-state index >= 15 is 0 Å². The van der Waals surface area contributed by atoms with Crippen LogP contribution in [0.25, 0.3) is 0 Å². The van der Waals surface area contributed by atoms with Crippen LogP contribution >= 0.6 is 39.1 Å². The molecule has 2 nitrogen and oxygen atoms in total. The van der Waals surface area contributed by atoms with Crippen LogP contribution in [0.15, 0.2) is 4.47 Å². The van der Waals surface area contributed by atoms with Gasteiger partial charge in [-0.25, -0.2) is 0 Å². The SMILES string of the molecule is CCc1c(Cl)c(OC)c(Br)c(OC)c1Cl. The first-order chi connectivity index (χ1) is 7.08. The van der Waals surface area contributed by atoms with Gasteiger partial charge in [-0.3, -0.25) is 0 Å². The van der Waals surface area contributed by atoms with Gasteiger partial charge in [-0.15, -0.1) is 0 Å². The predicted molar refractivity (Wildman–Crippen MR) is 66.6 cm³/mol. The molecule has 0 aliphatic heterocycles. The Labute approximate surface area is 108 Å². The number of rotatable bonds is 3. The van der Waals surface area contributed by atoms with E-state index in [0.717, 1.165) is 12.0 Å². The lowest BCUT2D eigenvalue weighted by Crippen LogP contribution is -1.96. The fourth-order valence-electron chi connectivity index (χ4n) is 1.34. The topological polar surface area (TPSA) is 18.5 Å². The molecule has 1 rings (SSSR count). The van der Waals surface area contributed by atoms with Crippen LogP contribution in [0.3, 0.4) is 0 Å². The van der Waals surface area contributed by atoms with Crippen LogP contribution in [0.1, 0.15) is 12.5 Å². The molecule has 0 atom stereocenters. The summed E-state index contributed by atoms with van der Waals surface area (Å²) in [4.78, 5) is 0. The Morgan fingerprint density at radius 3 is 1.73 bits per heavy atom. The lowest BCUT2D eigenvalue weighted by atomic mass is 10.1. The summed E-state index contributed by atoms with van der Waals surface area (Å²) in [5, 5.41) is 1.05. The maximum absolute atomic E-state index is 6.15. The van der Waals surface area contributed by atoms with Gasteiger partial charge in [0.15, 0.2) is 11.5 Å². The van der Waals surface area contributed by atoms with Crippen LogP contribution in [0, 0.1) is 0 Å². The third-order valence-electron chi connectivity index (χ3n) is 2.09. The van der Waals surface area contributed by atoms with Crippen LogP contribution in [-0.2, 0) is 6.42 Å². The molecular weight excluding hydrogens is 303 g/mol. The summed E-state index contributed by atoms with van der Waals surface area (Å²) < 4.78 is 11.0. The van der Waals surface area contributed by atoms with E-state index in [9.17, 15) is 0 Å². The zero-order valence-electron chi connectivity index (χ0n) is 8.66. The molecule has 0 heterocycles. The van der Waals surface area contributed by atoms with E-state index in [-0.39, 0.29) is 0 Å². The monoisotopic (exact) mass is 312 g/mol. The summed E-state index contributed by atoms with van der Waals surface area (Å²) in [5.41, 5.74) is 0.829. The van der Waals surface area contributed by atoms with Gasteiger partial charge in [0.2, 0.25) is 0 Å². The Bertz CT molecular complexity index is 302. The minimum atomic E-state index is 0.526. The highest BCUT2D eigenvalue weighted by Crippen LogP contribution is 2.47. The molecule has 0 bridgehead atoms. The van der Waals surface area contributed by atoms with Gasteiger partial charge in [0, 0.05) is 0 Å². The minimum absolute atomic E-state index is 0.526. The molecule has 0 aliphatic carbocycles. The van der Waals surface area contributed by atoms with Crippen molar-refractivity contribution in [3.05, 3.63) is 20.1 Å². The van der Waals surface area contributed by atoms with Crippen molar-refractivity contribution in [3.63, 3.8) is 0 Å². The van der Waals surface area contributed by atoms with E-state index in [1.165, 1.54) is 0 Å². The van der Waals surface area contributed by atoms with E-state index < -0.39 is 0 Å². The van der Waals surface area contributed by atoms with Crippen molar-refractivity contribution in [1.82, 2.24) is 0 Å². The van der Waals surface area contributed by atoms with Crippen molar-refractivity contribution in [2.75, 3.05) is 14.2 Å². The van der Waals surface area contributed by atoms with Gasteiger partial charge in [0.1, 0.15) is 4.47 Å². The molecule has 0 unspecified atom stereocenters. The standard InChI is InChI=1S/C10H11BrCl2O2/c1-4-5-7(12)9(14-2)6(11)10(15-3)8(5)13/h4H2,1-3H3. The smallest absolute Gasteiger partial charge is 0.155 e. The van der Waals surface area contributed by atoms with Gasteiger partial charge in [0.05, 0.1) is 24.3 Å². The van der Waals surface area contributed by atoms with Crippen LogP contribution in [0.5, 0.6) is 11.5 Å². The molecule has 0 amide bonds. The number of halogens is 3. The Hall–Kier alpha value is -0.120. The van der Waals surface area contributed by atoms with Crippen molar-refractivity contribution in [3.8, 4) is 11.5 Å². The maximum Gasteiger partial charge on any atom is 0.155 e. The van der Waals surface area contributed by atoms with Gasteiger partial charge in [-0.2, -0.15) is 0 Å². The van der Waals surface area contributed by atoms with E-state index in [0.29, 0.717) is 26.0 Å². The third-order valence-corrected chi connectivity index (χ3v) is 3.61. The third kappa shape index (κ3) is 2.19. The number of hydrogen-bond acceptors (Lipinski definition) is 2. The number of hydrogen-bond donors (Lipinski definition) is 0.